The smallest absolute Gasteiger partial charge is 0.228 e. The Labute approximate surface area is 242 Å². The first-order valence-corrected chi connectivity index (χ1v) is 15.9. The number of hydrogen-bond acceptors (Lipinski definition) is 11. The number of aliphatic hydroxyl groups excluding tert-OH is 2. The lowest BCUT2D eigenvalue weighted by Gasteiger charge is -2.35. The summed E-state index contributed by atoms with van der Waals surface area (Å²) in [4.78, 5) is 33.0. The minimum atomic E-state index is -1.81. The molecule has 0 radical (unpaired) electrons. The zero-order chi connectivity index (χ0) is 30.1. The lowest BCUT2D eigenvalue weighted by atomic mass is 10.2. The molecule has 0 saturated carbocycles. The number of rotatable bonds is 5. The van der Waals surface area contributed by atoms with Crippen molar-refractivity contribution in [2.45, 2.75) is 65.6 Å². The molecule has 0 aliphatic rings. The summed E-state index contributed by atoms with van der Waals surface area (Å²) >= 11 is 6.06. The van der Waals surface area contributed by atoms with Gasteiger partial charge < -0.3 is 38.1 Å². The van der Waals surface area contributed by atoms with Gasteiger partial charge in [0.15, 0.2) is 24.2 Å². The average Bonchev–Trinajstić information content (AvgIpc) is 2.86. The van der Waals surface area contributed by atoms with Crippen molar-refractivity contribution in [2.24, 2.45) is 0 Å². The van der Waals surface area contributed by atoms with Crippen molar-refractivity contribution in [3.8, 4) is 11.5 Å². The third kappa shape index (κ3) is 10.5. The van der Waals surface area contributed by atoms with Crippen LogP contribution in [0.15, 0.2) is 61.4 Å². The Morgan fingerprint density at radius 2 is 1.36 bits per heavy atom. The summed E-state index contributed by atoms with van der Waals surface area (Å²) in [5.74, 6) is -0.107. The van der Waals surface area contributed by atoms with Gasteiger partial charge in [-0.25, -0.2) is 0 Å². The van der Waals surface area contributed by atoms with E-state index < -0.39 is 30.7 Å². The van der Waals surface area contributed by atoms with E-state index in [0.29, 0.717) is 22.6 Å². The summed E-state index contributed by atoms with van der Waals surface area (Å²) < 4.78 is 21.3. The lowest BCUT2D eigenvalue weighted by Crippen LogP contribution is -2.40. The van der Waals surface area contributed by atoms with Crippen LogP contribution in [0, 0.1) is 6.92 Å². The van der Waals surface area contributed by atoms with Gasteiger partial charge in [0, 0.05) is 23.8 Å². The van der Waals surface area contributed by atoms with Gasteiger partial charge in [-0.15, -0.1) is 0 Å². The van der Waals surface area contributed by atoms with E-state index in [4.69, 9.17) is 33.7 Å². The zero-order valence-electron chi connectivity index (χ0n) is 22.3. The van der Waals surface area contributed by atoms with Crippen LogP contribution in [-0.4, -0.2) is 28.7 Å². The van der Waals surface area contributed by atoms with Gasteiger partial charge in [-0.2, -0.15) is 0 Å². The molecule has 11 nitrogen and oxygen atoms in total. The van der Waals surface area contributed by atoms with Crippen molar-refractivity contribution in [1.29, 1.82) is 0 Å². The Morgan fingerprint density at radius 1 is 0.846 bits per heavy atom. The number of halogens is 2. The van der Waals surface area contributed by atoms with Crippen LogP contribution >= 0.6 is 31.9 Å². The fourth-order valence-electron chi connectivity index (χ4n) is 2.22. The van der Waals surface area contributed by atoms with Crippen molar-refractivity contribution in [3.63, 3.8) is 0 Å². The minimum absolute atomic E-state index is 0.0260. The van der Waals surface area contributed by atoms with E-state index in [1.807, 2.05) is 0 Å². The van der Waals surface area contributed by atoms with Crippen LogP contribution < -0.4 is 16.3 Å². The minimum Gasteiger partial charge on any atom is -0.502 e. The Hall–Kier alpha value is -2.49. The molecule has 39 heavy (non-hydrogen) atoms. The largest absolute Gasteiger partial charge is 0.502 e. The van der Waals surface area contributed by atoms with Crippen molar-refractivity contribution in [1.82, 2.24) is 0 Å². The molecule has 3 aromatic heterocycles. The van der Waals surface area contributed by atoms with Gasteiger partial charge in [0.25, 0.3) is 0 Å². The molecule has 0 aromatic carbocycles. The third-order valence-corrected chi connectivity index (χ3v) is 11.4. The number of aliphatic hydroxyl groups is 2. The van der Waals surface area contributed by atoms with E-state index in [9.17, 15) is 14.4 Å². The highest BCUT2D eigenvalue weighted by molar-refractivity contribution is 9.10. The van der Waals surface area contributed by atoms with Gasteiger partial charge in [0.05, 0.1) is 6.61 Å². The predicted molar refractivity (Wildman–Crippen MR) is 152 cm³/mol. The van der Waals surface area contributed by atoms with Crippen molar-refractivity contribution >= 4 is 40.2 Å². The zero-order valence-corrected chi connectivity index (χ0v) is 26.5. The second-order valence-corrected chi connectivity index (χ2v) is 15.9. The van der Waals surface area contributed by atoms with E-state index in [1.54, 1.807) is 6.92 Å². The molecule has 0 atom stereocenters. The summed E-state index contributed by atoms with van der Waals surface area (Å²) in [5, 5.41) is 34.7. The molecule has 3 aromatic rings. The quantitative estimate of drug-likeness (QED) is 0.272. The highest BCUT2D eigenvalue weighted by Gasteiger charge is 2.37. The molecular formula is C25H32Br2O11Si. The molecule has 0 spiro atoms. The molecule has 3 heterocycles. The van der Waals surface area contributed by atoms with Gasteiger partial charge >= 0.3 is 0 Å². The third-order valence-electron chi connectivity index (χ3n) is 5.67. The number of aromatic hydroxyl groups is 2. The Balaban J connectivity index is 0.000000311. The molecule has 0 fully saturated rings. The van der Waals surface area contributed by atoms with E-state index in [0.717, 1.165) is 18.4 Å². The maximum Gasteiger partial charge on any atom is 0.228 e. The monoisotopic (exact) mass is 694 g/mol. The standard InChI is InChI=1S/C13H21BrO3Si.C6H5BrO4.C6H6O4/c1-9-11(15)7-10(17-12(9)14)8-16-18(5,6)13(2,3)4;7-6-5(10)4(9)1-3(2-8)11-6;7-2-4-1-5(8)6(9)3-10-4/h7H,8H2,1-6H3;1,8,10H,2H2;1,3,7,9H,2H2. The summed E-state index contributed by atoms with van der Waals surface area (Å²) in [6.45, 7) is 12.3. The van der Waals surface area contributed by atoms with E-state index in [1.165, 1.54) is 6.07 Å². The Kier molecular flexibility index (Phi) is 13.1. The summed E-state index contributed by atoms with van der Waals surface area (Å²) in [6.07, 6.45) is 0.897. The molecule has 3 rings (SSSR count). The molecule has 0 aliphatic carbocycles. The van der Waals surface area contributed by atoms with Crippen LogP contribution in [0.3, 0.4) is 0 Å². The van der Waals surface area contributed by atoms with Crippen molar-refractivity contribution in [2.75, 3.05) is 0 Å². The van der Waals surface area contributed by atoms with Crippen LogP contribution in [0.5, 0.6) is 11.5 Å². The van der Waals surface area contributed by atoms with E-state index >= 15 is 0 Å². The summed E-state index contributed by atoms with van der Waals surface area (Å²) in [6, 6.07) is 3.57. The molecule has 0 amide bonds. The van der Waals surface area contributed by atoms with E-state index in [-0.39, 0.29) is 39.9 Å². The van der Waals surface area contributed by atoms with Crippen molar-refractivity contribution in [3.05, 3.63) is 87.3 Å². The molecule has 0 bridgehead atoms. The average molecular weight is 696 g/mol. The second-order valence-electron chi connectivity index (χ2n) is 9.64. The van der Waals surface area contributed by atoms with Gasteiger partial charge in [0.2, 0.25) is 21.3 Å². The van der Waals surface area contributed by atoms with Gasteiger partial charge in [-0.1, -0.05) is 20.8 Å². The molecule has 0 saturated heterocycles. The van der Waals surface area contributed by atoms with Crippen LogP contribution in [0.1, 0.15) is 43.6 Å². The Bertz CT molecular complexity index is 1420. The van der Waals surface area contributed by atoms with Crippen molar-refractivity contribution < 1.29 is 38.1 Å². The molecule has 216 valence electrons. The maximum atomic E-state index is 11.6. The maximum absolute atomic E-state index is 11.6. The van der Waals surface area contributed by atoms with E-state index in [2.05, 4.69) is 70.1 Å². The van der Waals surface area contributed by atoms with Gasteiger partial charge in [-0.05, 0) is 56.9 Å². The topological polar surface area (TPSA) is 181 Å². The first kappa shape index (κ1) is 34.5. The van der Waals surface area contributed by atoms with Gasteiger partial charge in [0.1, 0.15) is 36.8 Å². The summed E-state index contributed by atoms with van der Waals surface area (Å²) in [5.41, 5.74) is -0.560. The molecule has 0 unspecified atom stereocenters. The van der Waals surface area contributed by atoms with Crippen LogP contribution in [0.4, 0.5) is 0 Å². The number of hydrogen-bond donors (Lipinski definition) is 4. The fraction of sp³-hybridized carbons (Fsp3) is 0.400. The van der Waals surface area contributed by atoms with Crippen LogP contribution in [-0.2, 0) is 24.2 Å². The molecular weight excluding hydrogens is 664 g/mol. The first-order valence-electron chi connectivity index (χ1n) is 11.4. The summed E-state index contributed by atoms with van der Waals surface area (Å²) in [7, 11) is -1.81. The molecule has 4 N–H and O–H groups in total. The van der Waals surface area contributed by atoms with Crippen LogP contribution in [0.2, 0.25) is 18.1 Å². The fourth-order valence-corrected chi connectivity index (χ4v) is 3.96. The highest BCUT2D eigenvalue weighted by Crippen LogP contribution is 2.37. The van der Waals surface area contributed by atoms with Crippen LogP contribution in [0.25, 0.3) is 0 Å². The normalized spacial score (nSPS) is 11.2. The highest BCUT2D eigenvalue weighted by atomic mass is 79.9. The second kappa shape index (κ2) is 14.8. The predicted octanol–water partition coefficient (Wildman–Crippen LogP) is 4.67. The first-order chi connectivity index (χ1) is 17.9. The van der Waals surface area contributed by atoms with Gasteiger partial charge in [-0.3, -0.25) is 14.4 Å². The lowest BCUT2D eigenvalue weighted by molar-refractivity contribution is 0.237. The SMILES string of the molecule is Cc1c(Br)oc(CO[Si](C)(C)C(C)(C)C)cc1=O.O=c1cc(CO)oc(Br)c1O.O=c1cc(CO)occ1O. The molecule has 0 aliphatic heterocycles. The Morgan fingerprint density at radius 3 is 1.82 bits per heavy atom. The molecule has 14 heteroatoms.